The SMILES string of the molecule is COc1nc(N2CCNCC2)ccc1-c1nc2nc(OC3CCC3)n(COCC[Si](C)(C)C)c2cc1Cl. The van der Waals surface area contributed by atoms with Crippen LogP contribution in [0.4, 0.5) is 5.82 Å². The number of pyridine rings is 2. The number of rotatable bonds is 10. The highest BCUT2D eigenvalue weighted by Gasteiger charge is 2.25. The molecule has 9 nitrogen and oxygen atoms in total. The predicted octanol–water partition coefficient (Wildman–Crippen LogP) is 4.81. The number of methoxy groups -OCH3 is 1. The Balaban J connectivity index is 1.46. The van der Waals surface area contributed by atoms with Crippen molar-refractivity contribution < 1.29 is 14.2 Å². The summed E-state index contributed by atoms with van der Waals surface area (Å²) in [7, 11) is 0.436. The number of hydrogen-bond acceptors (Lipinski definition) is 8. The zero-order valence-electron chi connectivity index (χ0n) is 22.2. The molecule has 0 radical (unpaired) electrons. The normalized spacial score (nSPS) is 16.7. The fraction of sp³-hybridized carbons (Fsp3) is 0.577. The zero-order valence-corrected chi connectivity index (χ0v) is 24.0. The van der Waals surface area contributed by atoms with Gasteiger partial charge in [0.1, 0.15) is 18.7 Å². The lowest BCUT2D eigenvalue weighted by Crippen LogP contribution is -2.43. The van der Waals surface area contributed by atoms with Crippen LogP contribution in [-0.4, -0.2) is 73.6 Å². The van der Waals surface area contributed by atoms with Crippen LogP contribution in [0, 0.1) is 0 Å². The van der Waals surface area contributed by atoms with E-state index in [0.29, 0.717) is 41.6 Å². The molecule has 1 N–H and O–H groups in total. The molecule has 3 aromatic heterocycles. The van der Waals surface area contributed by atoms with Crippen LogP contribution in [0.5, 0.6) is 11.9 Å². The van der Waals surface area contributed by atoms with Gasteiger partial charge in [-0.3, -0.25) is 4.57 Å². The molecule has 3 aromatic rings. The Morgan fingerprint density at radius 2 is 1.89 bits per heavy atom. The topological polar surface area (TPSA) is 86.6 Å². The minimum absolute atomic E-state index is 0.189. The molecule has 0 unspecified atom stereocenters. The van der Waals surface area contributed by atoms with E-state index in [9.17, 15) is 0 Å². The van der Waals surface area contributed by atoms with Crippen LogP contribution in [-0.2, 0) is 11.5 Å². The summed E-state index contributed by atoms with van der Waals surface area (Å²) < 4.78 is 19.9. The first-order chi connectivity index (χ1) is 17.8. The molecule has 1 aliphatic carbocycles. The summed E-state index contributed by atoms with van der Waals surface area (Å²) in [5.41, 5.74) is 2.68. The van der Waals surface area contributed by atoms with Crippen LogP contribution >= 0.6 is 11.6 Å². The third-order valence-corrected chi connectivity index (χ3v) is 8.93. The van der Waals surface area contributed by atoms with E-state index in [1.54, 1.807) is 7.11 Å². The Labute approximate surface area is 224 Å². The maximum absolute atomic E-state index is 6.82. The van der Waals surface area contributed by atoms with Crippen molar-refractivity contribution >= 4 is 36.7 Å². The summed E-state index contributed by atoms with van der Waals surface area (Å²) in [5, 5.41) is 3.87. The average molecular weight is 545 g/mol. The van der Waals surface area contributed by atoms with Crippen molar-refractivity contribution in [2.75, 3.05) is 44.8 Å². The molecule has 37 heavy (non-hydrogen) atoms. The molecular weight excluding hydrogens is 508 g/mol. The highest BCUT2D eigenvalue weighted by Crippen LogP contribution is 2.37. The minimum atomic E-state index is -1.19. The largest absolute Gasteiger partial charge is 0.480 e. The van der Waals surface area contributed by atoms with E-state index in [2.05, 4.69) is 29.9 Å². The van der Waals surface area contributed by atoms with Crippen molar-refractivity contribution in [3.8, 4) is 23.1 Å². The van der Waals surface area contributed by atoms with Gasteiger partial charge in [-0.25, -0.2) is 4.98 Å². The van der Waals surface area contributed by atoms with Crippen LogP contribution in [0.25, 0.3) is 22.4 Å². The van der Waals surface area contributed by atoms with Crippen molar-refractivity contribution in [2.24, 2.45) is 0 Å². The van der Waals surface area contributed by atoms with Gasteiger partial charge >= 0.3 is 6.01 Å². The van der Waals surface area contributed by atoms with Gasteiger partial charge in [-0.2, -0.15) is 9.97 Å². The molecule has 4 heterocycles. The first-order valence-corrected chi connectivity index (χ1v) is 17.2. The van der Waals surface area contributed by atoms with Gasteiger partial charge in [0.05, 0.1) is 28.9 Å². The molecule has 0 spiro atoms. The lowest BCUT2D eigenvalue weighted by Gasteiger charge is -2.28. The number of nitrogens with zero attached hydrogens (tertiary/aromatic N) is 5. The van der Waals surface area contributed by atoms with Gasteiger partial charge in [-0.05, 0) is 43.5 Å². The van der Waals surface area contributed by atoms with Gasteiger partial charge in [0.15, 0.2) is 5.65 Å². The van der Waals surface area contributed by atoms with Crippen molar-refractivity contribution in [1.29, 1.82) is 0 Å². The minimum Gasteiger partial charge on any atom is -0.480 e. The molecule has 1 saturated heterocycles. The molecule has 2 fully saturated rings. The number of imidazole rings is 1. The number of aromatic nitrogens is 4. The van der Waals surface area contributed by atoms with Gasteiger partial charge in [-0.15, -0.1) is 0 Å². The van der Waals surface area contributed by atoms with Crippen molar-refractivity contribution in [2.45, 2.75) is 57.8 Å². The summed E-state index contributed by atoms with van der Waals surface area (Å²) >= 11 is 6.82. The number of fused-ring (bicyclic) bond motifs is 1. The molecule has 11 heteroatoms. The number of hydrogen-bond donors (Lipinski definition) is 1. The number of ether oxygens (including phenoxy) is 3. The van der Waals surface area contributed by atoms with E-state index in [1.165, 1.54) is 6.42 Å². The van der Waals surface area contributed by atoms with Gasteiger partial charge in [0, 0.05) is 40.9 Å². The third-order valence-electron chi connectivity index (χ3n) is 6.94. The molecule has 0 atom stereocenters. The molecule has 1 saturated carbocycles. The summed E-state index contributed by atoms with van der Waals surface area (Å²) in [6.45, 7) is 11.8. The molecule has 2 aliphatic rings. The standard InChI is InChI=1S/C26H37ClN6O3Si/c1-34-25-19(8-9-22(29-25)32-12-10-28-11-13-32)23-20(27)16-21-24(30-23)31-26(36-18-6-5-7-18)33(21)17-35-14-15-37(2,3)4/h8-9,16,18,28H,5-7,10-15,17H2,1-4H3. The number of halogens is 1. The maximum atomic E-state index is 6.82. The number of piperazine rings is 1. The van der Waals surface area contributed by atoms with Gasteiger partial charge < -0.3 is 24.4 Å². The maximum Gasteiger partial charge on any atom is 0.301 e. The molecular formula is C26H37ClN6O3Si. The average Bonchev–Trinajstić information content (AvgIpc) is 3.19. The Morgan fingerprint density at radius 1 is 1.11 bits per heavy atom. The van der Waals surface area contributed by atoms with Crippen LogP contribution in [0.2, 0.25) is 30.7 Å². The Hall–Kier alpha value is -2.40. The summed E-state index contributed by atoms with van der Waals surface area (Å²) in [6.07, 6.45) is 3.46. The van der Waals surface area contributed by atoms with Crippen molar-refractivity contribution in [1.82, 2.24) is 24.8 Å². The lowest BCUT2D eigenvalue weighted by atomic mass is 9.96. The fourth-order valence-corrected chi connectivity index (χ4v) is 5.42. The molecule has 1 aliphatic heterocycles. The van der Waals surface area contributed by atoms with E-state index in [0.717, 1.165) is 62.0 Å². The van der Waals surface area contributed by atoms with Crippen LogP contribution in [0.3, 0.4) is 0 Å². The monoisotopic (exact) mass is 544 g/mol. The second-order valence-corrected chi connectivity index (χ2v) is 17.0. The van der Waals surface area contributed by atoms with Gasteiger partial charge in [0.2, 0.25) is 5.88 Å². The Morgan fingerprint density at radius 3 is 2.57 bits per heavy atom. The third kappa shape index (κ3) is 6.03. The van der Waals surface area contributed by atoms with Crippen LogP contribution in [0.1, 0.15) is 19.3 Å². The quantitative estimate of drug-likeness (QED) is 0.287. The smallest absolute Gasteiger partial charge is 0.301 e. The zero-order chi connectivity index (χ0) is 26.0. The van der Waals surface area contributed by atoms with Crippen LogP contribution in [0.15, 0.2) is 18.2 Å². The Bertz CT molecular complexity index is 1240. The summed E-state index contributed by atoms with van der Waals surface area (Å²) in [6, 6.07) is 7.50. The highest BCUT2D eigenvalue weighted by atomic mass is 35.5. The molecule has 0 bridgehead atoms. The number of nitrogens with one attached hydrogen (secondary N) is 1. The highest BCUT2D eigenvalue weighted by molar-refractivity contribution is 6.76. The van der Waals surface area contributed by atoms with E-state index < -0.39 is 8.07 Å². The lowest BCUT2D eigenvalue weighted by molar-refractivity contribution is 0.0616. The molecule has 5 rings (SSSR count). The van der Waals surface area contributed by atoms with Crippen molar-refractivity contribution in [3.05, 3.63) is 23.2 Å². The predicted molar refractivity (Wildman–Crippen MR) is 150 cm³/mol. The summed E-state index contributed by atoms with van der Waals surface area (Å²) in [5.74, 6) is 1.38. The van der Waals surface area contributed by atoms with E-state index in [4.69, 9.17) is 40.8 Å². The first kappa shape index (κ1) is 26.2. The van der Waals surface area contributed by atoms with Crippen LogP contribution < -0.4 is 19.7 Å². The summed E-state index contributed by atoms with van der Waals surface area (Å²) in [4.78, 5) is 16.6. The van der Waals surface area contributed by atoms with E-state index in [1.807, 2.05) is 22.8 Å². The fourth-order valence-electron chi connectivity index (χ4n) is 4.42. The first-order valence-electron chi connectivity index (χ1n) is 13.1. The Kier molecular flexibility index (Phi) is 7.90. The van der Waals surface area contributed by atoms with Gasteiger partial charge in [0.25, 0.3) is 0 Å². The van der Waals surface area contributed by atoms with Gasteiger partial charge in [-0.1, -0.05) is 31.2 Å². The van der Waals surface area contributed by atoms with E-state index in [-0.39, 0.29) is 6.10 Å². The molecule has 0 amide bonds. The van der Waals surface area contributed by atoms with E-state index >= 15 is 0 Å². The second-order valence-electron chi connectivity index (χ2n) is 11.0. The number of anilines is 1. The molecule has 200 valence electrons. The molecule has 0 aromatic carbocycles. The second kappa shape index (κ2) is 11.1. The van der Waals surface area contributed by atoms with Crippen molar-refractivity contribution in [3.63, 3.8) is 0 Å².